The number of carbonyl (C=O) groups excluding carboxylic acids is 1. The molecule has 0 radical (unpaired) electrons. The molecule has 2 amide bonds. The van der Waals surface area contributed by atoms with Crippen LogP contribution in [-0.2, 0) is 4.79 Å². The van der Waals surface area contributed by atoms with Crippen molar-refractivity contribution >= 4 is 40.4 Å². The Hall–Kier alpha value is -1.55. The number of hydrogen-bond acceptors (Lipinski definition) is 7. The highest BCUT2D eigenvalue weighted by Crippen LogP contribution is 2.24. The normalized spacial score (nSPS) is 16.5. The number of aromatic nitrogens is 2. The van der Waals surface area contributed by atoms with Crippen molar-refractivity contribution in [1.29, 1.82) is 0 Å². The monoisotopic (exact) mass is 401 g/mol. The van der Waals surface area contributed by atoms with Crippen LogP contribution in [0.1, 0.15) is 44.9 Å². The van der Waals surface area contributed by atoms with Crippen LogP contribution in [0.5, 0.6) is 0 Å². The van der Waals surface area contributed by atoms with E-state index >= 15 is 0 Å². The predicted octanol–water partition coefficient (Wildman–Crippen LogP) is 2.14. The number of thioether (sulfide) groups is 1. The first-order valence-electron chi connectivity index (χ1n) is 8.78. The Morgan fingerprint density at radius 2 is 2.08 bits per heavy atom. The molecular weight excluding hydrogens is 374 g/mol. The third kappa shape index (κ3) is 6.01. The smallest absolute Gasteiger partial charge is 0.405 e. The molecule has 1 saturated heterocycles. The van der Waals surface area contributed by atoms with Gasteiger partial charge in [0.05, 0.1) is 0 Å². The van der Waals surface area contributed by atoms with Gasteiger partial charge in [-0.1, -0.05) is 13.8 Å². The van der Waals surface area contributed by atoms with Crippen LogP contribution in [0, 0.1) is 0 Å². The minimum absolute atomic E-state index is 0.0589. The van der Waals surface area contributed by atoms with Crippen LogP contribution in [0.2, 0.25) is 0 Å². The van der Waals surface area contributed by atoms with E-state index in [1.807, 2.05) is 6.26 Å². The summed E-state index contributed by atoms with van der Waals surface area (Å²) in [5, 5.41) is 15.2. The molecule has 1 aromatic heterocycles. The van der Waals surface area contributed by atoms with E-state index in [2.05, 4.69) is 38.7 Å². The highest BCUT2D eigenvalue weighted by Gasteiger charge is 2.26. The van der Waals surface area contributed by atoms with Crippen molar-refractivity contribution in [3.63, 3.8) is 0 Å². The summed E-state index contributed by atoms with van der Waals surface area (Å²) in [7, 11) is 0. The van der Waals surface area contributed by atoms with Gasteiger partial charge < -0.3 is 20.6 Å². The van der Waals surface area contributed by atoms with Crippen molar-refractivity contribution in [2.45, 2.75) is 51.1 Å². The summed E-state index contributed by atoms with van der Waals surface area (Å²) in [6.07, 6.45) is 2.87. The largest absolute Gasteiger partial charge is 0.465 e. The van der Waals surface area contributed by atoms with Crippen molar-refractivity contribution in [2.75, 3.05) is 30.0 Å². The fourth-order valence-corrected chi connectivity index (χ4v) is 4.09. The van der Waals surface area contributed by atoms with E-state index in [9.17, 15) is 9.59 Å². The van der Waals surface area contributed by atoms with Crippen LogP contribution < -0.4 is 15.5 Å². The molecule has 1 aliphatic heterocycles. The number of rotatable bonds is 8. The second-order valence-corrected chi connectivity index (χ2v) is 8.36. The summed E-state index contributed by atoms with van der Waals surface area (Å²) in [5.74, 6) is 1.68. The third-order valence-corrected chi connectivity index (χ3v) is 5.72. The molecule has 10 heteroatoms. The highest BCUT2D eigenvalue weighted by atomic mass is 32.2. The van der Waals surface area contributed by atoms with Crippen molar-refractivity contribution in [3.05, 3.63) is 5.82 Å². The van der Waals surface area contributed by atoms with Crippen LogP contribution in [0.3, 0.4) is 0 Å². The molecule has 26 heavy (non-hydrogen) atoms. The number of hydrogen-bond donors (Lipinski definition) is 3. The number of piperidine rings is 1. The lowest BCUT2D eigenvalue weighted by atomic mass is 10.0. The molecule has 0 bridgehead atoms. The summed E-state index contributed by atoms with van der Waals surface area (Å²) >= 11 is 3.01. The van der Waals surface area contributed by atoms with Crippen molar-refractivity contribution < 1.29 is 14.7 Å². The summed E-state index contributed by atoms with van der Waals surface area (Å²) < 4.78 is 4.39. The van der Waals surface area contributed by atoms with E-state index in [1.165, 1.54) is 11.5 Å². The van der Waals surface area contributed by atoms with Gasteiger partial charge in [0.1, 0.15) is 11.9 Å². The van der Waals surface area contributed by atoms with Gasteiger partial charge in [0, 0.05) is 36.6 Å². The molecule has 0 spiro atoms. The molecule has 3 N–H and O–H groups in total. The molecule has 1 fully saturated rings. The quantitative estimate of drug-likeness (QED) is 0.612. The van der Waals surface area contributed by atoms with Gasteiger partial charge in [-0.25, -0.2) is 9.78 Å². The Labute approximate surface area is 162 Å². The lowest BCUT2D eigenvalue weighted by Gasteiger charge is -2.32. The van der Waals surface area contributed by atoms with Gasteiger partial charge in [0.25, 0.3) is 0 Å². The molecule has 146 valence electrons. The minimum atomic E-state index is -1.17. The second-order valence-electron chi connectivity index (χ2n) is 6.64. The standard InChI is InChI=1S/C16H27N5O3S2/c1-10(2)13-19-15(26-20-13)21-7-4-11(5-8-21)17-14(22)12(6-9-25-3)18-16(23)24/h10-12,18H,4-9H2,1-3H3,(H,17,22)(H,23,24). The number of amides is 2. The molecule has 1 unspecified atom stereocenters. The van der Waals surface area contributed by atoms with Gasteiger partial charge in [-0.3, -0.25) is 4.79 Å². The first-order chi connectivity index (χ1) is 12.4. The van der Waals surface area contributed by atoms with Gasteiger partial charge in [0.15, 0.2) is 0 Å². The van der Waals surface area contributed by atoms with Crippen molar-refractivity contribution in [3.8, 4) is 0 Å². The maximum Gasteiger partial charge on any atom is 0.405 e. The number of nitrogens with one attached hydrogen (secondary N) is 2. The molecular formula is C16H27N5O3S2. The SMILES string of the molecule is CSCCC(NC(=O)O)C(=O)NC1CCN(c2nc(C(C)C)ns2)CC1. The number of anilines is 1. The maximum atomic E-state index is 12.4. The summed E-state index contributed by atoms with van der Waals surface area (Å²) in [4.78, 5) is 30.1. The van der Waals surface area contributed by atoms with Crippen LogP contribution in [0.15, 0.2) is 0 Å². The Morgan fingerprint density at radius 3 is 2.62 bits per heavy atom. The topological polar surface area (TPSA) is 107 Å². The fraction of sp³-hybridized carbons (Fsp3) is 0.750. The summed E-state index contributed by atoms with van der Waals surface area (Å²) in [6.45, 7) is 5.76. The van der Waals surface area contributed by atoms with Gasteiger partial charge >= 0.3 is 6.09 Å². The molecule has 0 saturated carbocycles. The van der Waals surface area contributed by atoms with E-state index in [0.29, 0.717) is 12.3 Å². The lowest BCUT2D eigenvalue weighted by Crippen LogP contribution is -2.52. The first kappa shape index (κ1) is 20.8. The second kappa shape index (κ2) is 9.96. The summed E-state index contributed by atoms with van der Waals surface area (Å²) in [6, 6.07) is -0.640. The Balaban J connectivity index is 1.84. The number of nitrogens with zero attached hydrogens (tertiary/aromatic N) is 3. The molecule has 2 heterocycles. The van der Waals surface area contributed by atoms with Crippen molar-refractivity contribution in [2.24, 2.45) is 0 Å². The Bertz CT molecular complexity index is 602. The lowest BCUT2D eigenvalue weighted by molar-refractivity contribution is -0.123. The van der Waals surface area contributed by atoms with Gasteiger partial charge in [-0.2, -0.15) is 16.1 Å². The molecule has 0 aromatic carbocycles. The minimum Gasteiger partial charge on any atom is -0.465 e. The van der Waals surface area contributed by atoms with E-state index in [0.717, 1.165) is 42.6 Å². The molecule has 1 aliphatic rings. The first-order valence-corrected chi connectivity index (χ1v) is 10.9. The van der Waals surface area contributed by atoms with Crippen molar-refractivity contribution in [1.82, 2.24) is 20.0 Å². The molecule has 1 atom stereocenters. The Kier molecular flexibility index (Phi) is 7.95. The predicted molar refractivity (Wildman–Crippen MR) is 105 cm³/mol. The zero-order chi connectivity index (χ0) is 19.1. The van der Waals surface area contributed by atoms with Gasteiger partial charge in [0.2, 0.25) is 11.0 Å². The average Bonchev–Trinajstić information content (AvgIpc) is 3.09. The fourth-order valence-electron chi connectivity index (χ4n) is 2.76. The maximum absolute atomic E-state index is 12.4. The zero-order valence-electron chi connectivity index (χ0n) is 15.4. The molecule has 8 nitrogen and oxygen atoms in total. The van der Waals surface area contributed by atoms with E-state index in [4.69, 9.17) is 5.11 Å². The van der Waals surface area contributed by atoms with Crippen LogP contribution in [-0.4, -0.2) is 63.6 Å². The van der Waals surface area contributed by atoms with Crippen LogP contribution >= 0.6 is 23.3 Å². The third-order valence-electron chi connectivity index (χ3n) is 4.28. The van der Waals surface area contributed by atoms with Crippen LogP contribution in [0.25, 0.3) is 0 Å². The van der Waals surface area contributed by atoms with E-state index < -0.39 is 12.1 Å². The number of carboxylic acid groups (broad SMARTS) is 1. The Morgan fingerprint density at radius 1 is 1.38 bits per heavy atom. The summed E-state index contributed by atoms with van der Waals surface area (Å²) in [5.41, 5.74) is 0. The molecule has 0 aliphatic carbocycles. The van der Waals surface area contributed by atoms with E-state index in [-0.39, 0.29) is 11.9 Å². The van der Waals surface area contributed by atoms with Gasteiger partial charge in [-0.05, 0) is 31.3 Å². The van der Waals surface area contributed by atoms with Gasteiger partial charge in [-0.15, -0.1) is 0 Å². The highest BCUT2D eigenvalue weighted by molar-refractivity contribution is 7.98. The molecule has 2 rings (SSSR count). The average molecular weight is 402 g/mol. The van der Waals surface area contributed by atoms with Crippen LogP contribution in [0.4, 0.5) is 9.93 Å². The molecule has 1 aromatic rings. The zero-order valence-corrected chi connectivity index (χ0v) is 17.0. The number of carbonyl (C=O) groups is 2. The van der Waals surface area contributed by atoms with E-state index in [1.54, 1.807) is 11.8 Å².